The number of rotatable bonds is 5. The van der Waals surface area contributed by atoms with E-state index in [1.54, 1.807) is 0 Å². The van der Waals surface area contributed by atoms with E-state index in [9.17, 15) is 0 Å². The molecule has 0 bridgehead atoms. The molecule has 2 unspecified atom stereocenters. The minimum atomic E-state index is -0.233. The maximum atomic E-state index is 8.67. The SMILES string of the molecule is CC1CCCC1NCCC(C)(C)C(N)=NO. The Morgan fingerprint density at radius 1 is 1.50 bits per heavy atom. The lowest BCUT2D eigenvalue weighted by Crippen LogP contribution is -2.38. The van der Waals surface area contributed by atoms with Crippen molar-refractivity contribution in [3.8, 4) is 0 Å². The molecule has 1 saturated carbocycles. The second kappa shape index (κ2) is 5.53. The van der Waals surface area contributed by atoms with Gasteiger partial charge in [0.1, 0.15) is 5.84 Å². The van der Waals surface area contributed by atoms with Crippen molar-refractivity contribution in [2.24, 2.45) is 22.2 Å². The maximum Gasteiger partial charge on any atom is 0.144 e. The molecule has 1 fully saturated rings. The van der Waals surface area contributed by atoms with Gasteiger partial charge in [0.05, 0.1) is 0 Å². The molecule has 0 aliphatic heterocycles. The molecule has 0 heterocycles. The summed E-state index contributed by atoms with van der Waals surface area (Å²) in [7, 11) is 0. The van der Waals surface area contributed by atoms with Gasteiger partial charge >= 0.3 is 0 Å². The predicted molar refractivity (Wildman–Crippen MR) is 66.6 cm³/mol. The number of hydrogen-bond acceptors (Lipinski definition) is 3. The summed E-state index contributed by atoms with van der Waals surface area (Å²) in [6.07, 6.45) is 4.85. The van der Waals surface area contributed by atoms with Crippen LogP contribution in [-0.2, 0) is 0 Å². The summed E-state index contributed by atoms with van der Waals surface area (Å²) in [5, 5.41) is 15.3. The van der Waals surface area contributed by atoms with Crippen molar-refractivity contribution in [1.29, 1.82) is 0 Å². The number of nitrogens with two attached hydrogens (primary N) is 1. The number of hydrogen-bond donors (Lipinski definition) is 3. The lowest BCUT2D eigenvalue weighted by molar-refractivity contribution is 0.303. The van der Waals surface area contributed by atoms with Crippen LogP contribution in [0.2, 0.25) is 0 Å². The first-order valence-electron chi connectivity index (χ1n) is 6.19. The quantitative estimate of drug-likeness (QED) is 0.291. The Morgan fingerprint density at radius 2 is 2.19 bits per heavy atom. The number of nitrogens with zero attached hydrogens (tertiary/aromatic N) is 1. The first-order valence-corrected chi connectivity index (χ1v) is 6.19. The smallest absolute Gasteiger partial charge is 0.144 e. The van der Waals surface area contributed by atoms with Gasteiger partial charge in [0.25, 0.3) is 0 Å². The van der Waals surface area contributed by atoms with E-state index in [0.29, 0.717) is 11.9 Å². The molecular weight excluding hydrogens is 202 g/mol. The van der Waals surface area contributed by atoms with Crippen LogP contribution in [0.25, 0.3) is 0 Å². The molecule has 0 aromatic heterocycles. The molecular formula is C12H25N3O. The zero-order chi connectivity index (χ0) is 12.2. The molecule has 4 heteroatoms. The van der Waals surface area contributed by atoms with Gasteiger partial charge in [-0.3, -0.25) is 0 Å². The van der Waals surface area contributed by atoms with Crippen LogP contribution in [0.15, 0.2) is 5.16 Å². The van der Waals surface area contributed by atoms with E-state index in [4.69, 9.17) is 10.9 Å². The largest absolute Gasteiger partial charge is 0.409 e. The third-order valence-corrected chi connectivity index (χ3v) is 3.82. The molecule has 16 heavy (non-hydrogen) atoms. The minimum Gasteiger partial charge on any atom is -0.409 e. The summed E-state index contributed by atoms with van der Waals surface area (Å²) < 4.78 is 0. The summed E-state index contributed by atoms with van der Waals surface area (Å²) in [4.78, 5) is 0. The van der Waals surface area contributed by atoms with Gasteiger partial charge in [-0.25, -0.2) is 0 Å². The van der Waals surface area contributed by atoms with Crippen molar-refractivity contribution in [2.75, 3.05) is 6.54 Å². The van der Waals surface area contributed by atoms with Crippen LogP contribution >= 0.6 is 0 Å². The fraction of sp³-hybridized carbons (Fsp3) is 0.917. The highest BCUT2D eigenvalue weighted by molar-refractivity contribution is 5.85. The monoisotopic (exact) mass is 227 g/mol. The average molecular weight is 227 g/mol. The number of oxime groups is 1. The van der Waals surface area contributed by atoms with Crippen LogP contribution in [0.4, 0.5) is 0 Å². The Kier molecular flexibility index (Phi) is 4.59. The average Bonchev–Trinajstić information content (AvgIpc) is 2.63. The molecule has 0 aromatic carbocycles. The van der Waals surface area contributed by atoms with Crippen molar-refractivity contribution >= 4 is 5.84 Å². The number of amidine groups is 1. The van der Waals surface area contributed by atoms with Crippen molar-refractivity contribution in [3.63, 3.8) is 0 Å². The summed E-state index contributed by atoms with van der Waals surface area (Å²) in [6.45, 7) is 7.24. The molecule has 2 atom stereocenters. The third kappa shape index (κ3) is 3.37. The Balaban J connectivity index is 2.29. The molecule has 1 aliphatic carbocycles. The zero-order valence-electron chi connectivity index (χ0n) is 10.7. The standard InChI is InChI=1S/C12H25N3O/c1-9-5-4-6-10(9)14-8-7-12(2,3)11(13)15-16/h9-10,14,16H,4-8H2,1-3H3,(H2,13,15). The van der Waals surface area contributed by atoms with E-state index in [1.165, 1.54) is 19.3 Å². The second-order valence-corrected chi connectivity index (χ2v) is 5.59. The molecule has 94 valence electrons. The molecule has 1 rings (SSSR count). The molecule has 4 N–H and O–H groups in total. The molecule has 0 aromatic rings. The van der Waals surface area contributed by atoms with E-state index in [0.717, 1.165) is 18.9 Å². The van der Waals surface area contributed by atoms with Crippen molar-refractivity contribution in [1.82, 2.24) is 5.32 Å². The van der Waals surface area contributed by atoms with Gasteiger partial charge < -0.3 is 16.3 Å². The summed E-state index contributed by atoms with van der Waals surface area (Å²) >= 11 is 0. The van der Waals surface area contributed by atoms with E-state index in [2.05, 4.69) is 17.4 Å². The fourth-order valence-corrected chi connectivity index (χ4v) is 2.28. The molecule has 1 aliphatic rings. The van der Waals surface area contributed by atoms with Gasteiger partial charge in [-0.1, -0.05) is 32.3 Å². The van der Waals surface area contributed by atoms with Crippen LogP contribution in [-0.4, -0.2) is 23.6 Å². The Hall–Kier alpha value is -0.770. The molecule has 0 saturated heterocycles. The summed E-state index contributed by atoms with van der Waals surface area (Å²) in [5.41, 5.74) is 5.41. The van der Waals surface area contributed by atoms with Crippen LogP contribution in [0.5, 0.6) is 0 Å². The molecule has 0 spiro atoms. The topological polar surface area (TPSA) is 70.6 Å². The molecule has 0 radical (unpaired) electrons. The molecule has 4 nitrogen and oxygen atoms in total. The van der Waals surface area contributed by atoms with Crippen LogP contribution in [0.1, 0.15) is 46.5 Å². The minimum absolute atomic E-state index is 0.233. The van der Waals surface area contributed by atoms with Gasteiger partial charge in [-0.2, -0.15) is 0 Å². The number of nitrogens with one attached hydrogen (secondary N) is 1. The Bertz CT molecular complexity index is 251. The van der Waals surface area contributed by atoms with Gasteiger partial charge in [0.2, 0.25) is 0 Å². The van der Waals surface area contributed by atoms with Gasteiger partial charge in [-0.05, 0) is 31.7 Å². The highest BCUT2D eigenvalue weighted by atomic mass is 16.4. The van der Waals surface area contributed by atoms with E-state index >= 15 is 0 Å². The van der Waals surface area contributed by atoms with Crippen molar-refractivity contribution < 1.29 is 5.21 Å². The van der Waals surface area contributed by atoms with E-state index in [1.807, 2.05) is 13.8 Å². The lowest BCUT2D eigenvalue weighted by Gasteiger charge is -2.25. The summed E-state index contributed by atoms with van der Waals surface area (Å²) in [5.74, 6) is 1.10. The van der Waals surface area contributed by atoms with Gasteiger partial charge in [-0.15, -0.1) is 0 Å². The second-order valence-electron chi connectivity index (χ2n) is 5.59. The van der Waals surface area contributed by atoms with E-state index < -0.39 is 0 Å². The van der Waals surface area contributed by atoms with E-state index in [-0.39, 0.29) is 5.41 Å². The first-order chi connectivity index (χ1) is 7.47. The van der Waals surface area contributed by atoms with Crippen LogP contribution in [0.3, 0.4) is 0 Å². The predicted octanol–water partition coefficient (Wildman–Crippen LogP) is 1.93. The first kappa shape index (κ1) is 13.3. The van der Waals surface area contributed by atoms with Crippen LogP contribution < -0.4 is 11.1 Å². The summed E-state index contributed by atoms with van der Waals surface area (Å²) in [6, 6.07) is 0.656. The highest BCUT2D eigenvalue weighted by Crippen LogP contribution is 2.25. The normalized spacial score (nSPS) is 27.3. The van der Waals surface area contributed by atoms with Gasteiger partial charge in [0, 0.05) is 11.5 Å². The fourth-order valence-electron chi connectivity index (χ4n) is 2.28. The molecule has 0 amide bonds. The Labute approximate surface area is 98.3 Å². The van der Waals surface area contributed by atoms with Gasteiger partial charge in [0.15, 0.2) is 0 Å². The van der Waals surface area contributed by atoms with Crippen molar-refractivity contribution in [2.45, 2.75) is 52.5 Å². The van der Waals surface area contributed by atoms with Crippen LogP contribution in [0, 0.1) is 11.3 Å². The third-order valence-electron chi connectivity index (χ3n) is 3.82. The lowest BCUT2D eigenvalue weighted by atomic mass is 9.88. The highest BCUT2D eigenvalue weighted by Gasteiger charge is 2.26. The van der Waals surface area contributed by atoms with Crippen molar-refractivity contribution in [3.05, 3.63) is 0 Å². The Morgan fingerprint density at radius 3 is 2.69 bits per heavy atom. The zero-order valence-corrected chi connectivity index (χ0v) is 10.7. The maximum absolute atomic E-state index is 8.67.